The lowest BCUT2D eigenvalue weighted by Gasteiger charge is -2.22. The van der Waals surface area contributed by atoms with Crippen LogP contribution in [0.25, 0.3) is 0 Å². The molecule has 0 aliphatic rings. The zero-order valence-corrected chi connectivity index (χ0v) is 11.5. The Hall–Kier alpha value is -2.06. The number of hydrogen-bond donors (Lipinski definition) is 1. The fourth-order valence-electron chi connectivity index (χ4n) is 1.63. The smallest absolute Gasteiger partial charge is 0.238 e. The standard InChI is InChI=1S/C14H19N3O2/c1-11(2)17(9-8-15)10-14(18)16-12-6-4-5-7-13(12)19-3/h4-7,11H,9-10H2,1-3H3,(H,16,18). The van der Waals surface area contributed by atoms with Gasteiger partial charge in [0.1, 0.15) is 5.75 Å². The summed E-state index contributed by atoms with van der Waals surface area (Å²) in [7, 11) is 1.56. The lowest BCUT2D eigenvalue weighted by Crippen LogP contribution is -2.38. The van der Waals surface area contributed by atoms with Crippen molar-refractivity contribution in [3.8, 4) is 11.8 Å². The minimum absolute atomic E-state index is 0.142. The molecule has 0 radical (unpaired) electrons. The number of nitriles is 1. The van der Waals surface area contributed by atoms with Crippen molar-refractivity contribution in [1.29, 1.82) is 5.26 Å². The van der Waals surface area contributed by atoms with Crippen molar-refractivity contribution in [1.82, 2.24) is 4.90 Å². The Bertz CT molecular complexity index is 466. The maximum absolute atomic E-state index is 12.0. The summed E-state index contributed by atoms with van der Waals surface area (Å²) in [6.07, 6.45) is 0. The van der Waals surface area contributed by atoms with Gasteiger partial charge in [-0.15, -0.1) is 0 Å². The summed E-state index contributed by atoms with van der Waals surface area (Å²) in [6, 6.07) is 9.43. The summed E-state index contributed by atoms with van der Waals surface area (Å²) in [5.74, 6) is 0.459. The van der Waals surface area contributed by atoms with Crippen LogP contribution in [0.4, 0.5) is 5.69 Å². The first kappa shape index (κ1) is 15.0. The van der Waals surface area contributed by atoms with Crippen LogP contribution in [0.1, 0.15) is 13.8 Å². The van der Waals surface area contributed by atoms with Crippen LogP contribution in [0.3, 0.4) is 0 Å². The molecular weight excluding hydrogens is 242 g/mol. The van der Waals surface area contributed by atoms with Gasteiger partial charge in [-0.3, -0.25) is 9.69 Å². The molecule has 0 saturated heterocycles. The van der Waals surface area contributed by atoms with E-state index in [0.29, 0.717) is 11.4 Å². The van der Waals surface area contributed by atoms with Crippen molar-refractivity contribution in [2.24, 2.45) is 0 Å². The third-order valence-electron chi connectivity index (χ3n) is 2.73. The van der Waals surface area contributed by atoms with Gasteiger partial charge in [0.2, 0.25) is 5.91 Å². The zero-order valence-electron chi connectivity index (χ0n) is 11.5. The van der Waals surface area contributed by atoms with E-state index in [9.17, 15) is 4.79 Å². The molecule has 19 heavy (non-hydrogen) atoms. The minimum atomic E-state index is -0.159. The third kappa shape index (κ3) is 4.60. The Morgan fingerprint density at radius 2 is 2.16 bits per heavy atom. The van der Waals surface area contributed by atoms with E-state index in [4.69, 9.17) is 10.00 Å². The van der Waals surface area contributed by atoms with Crippen LogP contribution in [-0.2, 0) is 4.79 Å². The Balaban J connectivity index is 2.67. The highest BCUT2D eigenvalue weighted by Gasteiger charge is 2.14. The topological polar surface area (TPSA) is 65.4 Å². The van der Waals surface area contributed by atoms with Crippen LogP contribution >= 0.6 is 0 Å². The predicted molar refractivity (Wildman–Crippen MR) is 73.9 cm³/mol. The first-order valence-corrected chi connectivity index (χ1v) is 6.12. The molecule has 0 aliphatic heterocycles. The second-order valence-corrected chi connectivity index (χ2v) is 4.41. The summed E-state index contributed by atoms with van der Waals surface area (Å²) >= 11 is 0. The number of benzene rings is 1. The minimum Gasteiger partial charge on any atom is -0.495 e. The molecule has 0 heterocycles. The number of carbonyl (C=O) groups is 1. The first-order valence-electron chi connectivity index (χ1n) is 6.12. The van der Waals surface area contributed by atoms with Crippen LogP contribution in [0.2, 0.25) is 0 Å². The summed E-state index contributed by atoms with van der Waals surface area (Å²) in [5, 5.41) is 11.5. The fraction of sp³-hybridized carbons (Fsp3) is 0.429. The van der Waals surface area contributed by atoms with Crippen LogP contribution in [0.5, 0.6) is 5.75 Å². The van der Waals surface area contributed by atoms with Gasteiger partial charge in [-0.25, -0.2) is 0 Å². The van der Waals surface area contributed by atoms with Crippen LogP contribution in [-0.4, -0.2) is 37.0 Å². The lowest BCUT2D eigenvalue weighted by atomic mass is 10.2. The third-order valence-corrected chi connectivity index (χ3v) is 2.73. The fourth-order valence-corrected chi connectivity index (χ4v) is 1.63. The molecule has 1 aromatic rings. The molecule has 5 heteroatoms. The van der Waals surface area contributed by atoms with Crippen LogP contribution in [0.15, 0.2) is 24.3 Å². The number of ether oxygens (including phenoxy) is 1. The second kappa shape index (κ2) is 7.39. The van der Waals surface area contributed by atoms with Crippen molar-refractivity contribution in [3.63, 3.8) is 0 Å². The van der Waals surface area contributed by atoms with Gasteiger partial charge < -0.3 is 10.1 Å². The largest absolute Gasteiger partial charge is 0.495 e. The number of carbonyl (C=O) groups excluding carboxylic acids is 1. The molecule has 0 fully saturated rings. The van der Waals surface area contributed by atoms with Gasteiger partial charge in [0.15, 0.2) is 0 Å². The molecule has 1 aromatic carbocycles. The van der Waals surface area contributed by atoms with E-state index in [1.807, 2.05) is 26.0 Å². The molecule has 0 atom stereocenters. The average molecular weight is 261 g/mol. The molecule has 1 rings (SSSR count). The second-order valence-electron chi connectivity index (χ2n) is 4.41. The monoisotopic (exact) mass is 261 g/mol. The van der Waals surface area contributed by atoms with Gasteiger partial charge in [-0.2, -0.15) is 5.26 Å². The van der Waals surface area contributed by atoms with Gasteiger partial charge >= 0.3 is 0 Å². The Labute approximate surface area is 113 Å². The maximum Gasteiger partial charge on any atom is 0.238 e. The molecule has 1 amide bonds. The zero-order chi connectivity index (χ0) is 14.3. The van der Waals surface area contributed by atoms with Gasteiger partial charge in [-0.1, -0.05) is 12.1 Å². The van der Waals surface area contributed by atoms with Gasteiger partial charge in [0.05, 0.1) is 32.0 Å². The van der Waals surface area contributed by atoms with Crippen molar-refractivity contribution in [2.75, 3.05) is 25.5 Å². The SMILES string of the molecule is COc1ccccc1NC(=O)CN(CC#N)C(C)C. The maximum atomic E-state index is 12.0. The number of amides is 1. The van der Waals surface area contributed by atoms with Gasteiger partial charge in [-0.05, 0) is 26.0 Å². The van der Waals surface area contributed by atoms with E-state index < -0.39 is 0 Å². The van der Waals surface area contributed by atoms with Crippen molar-refractivity contribution < 1.29 is 9.53 Å². The first-order chi connectivity index (χ1) is 9.08. The summed E-state index contributed by atoms with van der Waals surface area (Å²) < 4.78 is 5.17. The molecule has 0 unspecified atom stereocenters. The van der Waals surface area contributed by atoms with Crippen molar-refractivity contribution >= 4 is 11.6 Å². The van der Waals surface area contributed by atoms with E-state index in [1.165, 1.54) is 0 Å². The van der Waals surface area contributed by atoms with E-state index >= 15 is 0 Å². The van der Waals surface area contributed by atoms with Crippen molar-refractivity contribution in [2.45, 2.75) is 19.9 Å². The summed E-state index contributed by atoms with van der Waals surface area (Å²) in [5.41, 5.74) is 0.635. The number of methoxy groups -OCH3 is 1. The highest BCUT2D eigenvalue weighted by Crippen LogP contribution is 2.22. The molecule has 0 saturated carbocycles. The summed E-state index contributed by atoms with van der Waals surface area (Å²) in [6.45, 7) is 4.32. The molecule has 1 N–H and O–H groups in total. The average Bonchev–Trinajstić information content (AvgIpc) is 2.38. The van der Waals surface area contributed by atoms with Gasteiger partial charge in [0, 0.05) is 6.04 Å². The van der Waals surface area contributed by atoms with Crippen LogP contribution < -0.4 is 10.1 Å². The van der Waals surface area contributed by atoms with Crippen molar-refractivity contribution in [3.05, 3.63) is 24.3 Å². The normalized spacial score (nSPS) is 10.3. The molecule has 0 bridgehead atoms. The number of nitrogens with zero attached hydrogens (tertiary/aromatic N) is 2. The van der Waals surface area contributed by atoms with E-state index in [-0.39, 0.29) is 25.0 Å². The van der Waals surface area contributed by atoms with E-state index in [2.05, 4.69) is 11.4 Å². The highest BCUT2D eigenvalue weighted by atomic mass is 16.5. The predicted octanol–water partition coefficient (Wildman–Crippen LogP) is 1.87. The number of rotatable bonds is 6. The molecule has 5 nitrogen and oxygen atoms in total. The quantitative estimate of drug-likeness (QED) is 0.794. The number of para-hydroxylation sites is 2. The van der Waals surface area contributed by atoms with E-state index in [0.717, 1.165) is 0 Å². The number of hydrogen-bond acceptors (Lipinski definition) is 4. The lowest BCUT2D eigenvalue weighted by molar-refractivity contribution is -0.117. The number of nitrogens with one attached hydrogen (secondary N) is 1. The molecule has 0 aliphatic carbocycles. The Morgan fingerprint density at radius 3 is 2.74 bits per heavy atom. The summed E-state index contributed by atoms with van der Waals surface area (Å²) in [4.78, 5) is 13.7. The van der Waals surface area contributed by atoms with Crippen LogP contribution in [0, 0.1) is 11.3 Å². The Morgan fingerprint density at radius 1 is 1.47 bits per heavy atom. The molecule has 102 valence electrons. The number of anilines is 1. The Kier molecular flexibility index (Phi) is 5.83. The molecule has 0 spiro atoms. The van der Waals surface area contributed by atoms with E-state index in [1.54, 1.807) is 24.1 Å². The molecule has 0 aromatic heterocycles. The molecular formula is C14H19N3O2. The highest BCUT2D eigenvalue weighted by molar-refractivity contribution is 5.93. The van der Waals surface area contributed by atoms with Gasteiger partial charge in [0.25, 0.3) is 0 Å².